The van der Waals surface area contributed by atoms with E-state index in [-0.39, 0.29) is 18.4 Å². The third-order valence-corrected chi connectivity index (χ3v) is 3.85. The highest BCUT2D eigenvalue weighted by Crippen LogP contribution is 2.27. The Morgan fingerprint density at radius 3 is 2.41 bits per heavy atom. The van der Waals surface area contributed by atoms with Gasteiger partial charge >= 0.3 is 0 Å². The highest BCUT2D eigenvalue weighted by Gasteiger charge is 2.23. The lowest BCUT2D eigenvalue weighted by molar-refractivity contribution is 0.132. The molecule has 2 N–H and O–H groups in total. The maximum atomic E-state index is 10.6. The van der Waals surface area contributed by atoms with Crippen molar-refractivity contribution in [2.24, 2.45) is 0 Å². The van der Waals surface area contributed by atoms with E-state index in [4.69, 9.17) is 0 Å². The SMILES string of the molecule is CNC[C@H](O)[C@@H](c1ccccc1)n1ccc2ccccc21.Cl. The summed E-state index contributed by atoms with van der Waals surface area (Å²) in [6, 6.07) is 20.4. The lowest BCUT2D eigenvalue weighted by atomic mass is 10.0. The zero-order chi connectivity index (χ0) is 14.7. The molecular weight excluding hydrogens is 296 g/mol. The molecule has 116 valence electrons. The van der Waals surface area contributed by atoms with Gasteiger partial charge in [0.2, 0.25) is 0 Å². The topological polar surface area (TPSA) is 37.2 Å². The van der Waals surface area contributed by atoms with Crippen LogP contribution in [0.25, 0.3) is 10.9 Å². The standard InChI is InChI=1S/C18H20N2O.ClH/c1-19-13-17(21)18(15-8-3-2-4-9-15)20-12-11-14-7-5-6-10-16(14)20;/h2-12,17-19,21H,13H2,1H3;1H/t17-,18+;/m0./s1. The van der Waals surface area contributed by atoms with Crippen LogP contribution in [-0.2, 0) is 0 Å². The minimum atomic E-state index is -0.492. The number of nitrogens with one attached hydrogen (secondary N) is 1. The van der Waals surface area contributed by atoms with Gasteiger partial charge in [0.15, 0.2) is 0 Å². The molecule has 3 aromatic rings. The first-order valence-electron chi connectivity index (χ1n) is 7.24. The van der Waals surface area contributed by atoms with E-state index >= 15 is 0 Å². The first-order valence-corrected chi connectivity index (χ1v) is 7.24. The van der Waals surface area contributed by atoms with Gasteiger partial charge < -0.3 is 15.0 Å². The largest absolute Gasteiger partial charge is 0.389 e. The van der Waals surface area contributed by atoms with Gasteiger partial charge in [-0.3, -0.25) is 0 Å². The third-order valence-electron chi connectivity index (χ3n) is 3.85. The summed E-state index contributed by atoms with van der Waals surface area (Å²) in [5, 5.41) is 14.9. The molecule has 0 unspecified atom stereocenters. The van der Waals surface area contributed by atoms with Crippen molar-refractivity contribution < 1.29 is 5.11 Å². The van der Waals surface area contributed by atoms with Gasteiger partial charge in [0.05, 0.1) is 12.1 Å². The van der Waals surface area contributed by atoms with Gasteiger partial charge in [0.25, 0.3) is 0 Å². The Balaban J connectivity index is 0.00000176. The lowest BCUT2D eigenvalue weighted by Crippen LogP contribution is -2.33. The summed E-state index contributed by atoms with van der Waals surface area (Å²) in [6.45, 7) is 0.548. The number of aliphatic hydroxyl groups excluding tert-OH is 1. The van der Waals surface area contributed by atoms with E-state index in [2.05, 4.69) is 46.4 Å². The molecule has 0 aliphatic carbocycles. The quantitative estimate of drug-likeness (QED) is 0.758. The van der Waals surface area contributed by atoms with Crippen LogP contribution in [0.3, 0.4) is 0 Å². The highest BCUT2D eigenvalue weighted by molar-refractivity contribution is 5.85. The van der Waals surface area contributed by atoms with Crippen molar-refractivity contribution in [3.05, 3.63) is 72.4 Å². The third kappa shape index (κ3) is 3.17. The fourth-order valence-electron chi connectivity index (χ4n) is 2.89. The summed E-state index contributed by atoms with van der Waals surface area (Å²) in [6.07, 6.45) is 1.56. The summed E-state index contributed by atoms with van der Waals surface area (Å²) in [4.78, 5) is 0. The van der Waals surface area contributed by atoms with E-state index in [9.17, 15) is 5.11 Å². The van der Waals surface area contributed by atoms with Crippen LogP contribution in [0, 0.1) is 0 Å². The molecule has 0 amide bonds. The maximum absolute atomic E-state index is 10.6. The Labute approximate surface area is 137 Å². The number of aromatic nitrogens is 1. The normalized spacial score (nSPS) is 13.5. The molecule has 4 heteroatoms. The monoisotopic (exact) mass is 316 g/mol. The summed E-state index contributed by atoms with van der Waals surface area (Å²) < 4.78 is 2.16. The highest BCUT2D eigenvalue weighted by atomic mass is 35.5. The zero-order valence-electron chi connectivity index (χ0n) is 12.5. The van der Waals surface area contributed by atoms with Gasteiger partial charge in [-0.1, -0.05) is 48.5 Å². The van der Waals surface area contributed by atoms with Crippen molar-refractivity contribution in [1.82, 2.24) is 9.88 Å². The Hall–Kier alpha value is -1.81. The van der Waals surface area contributed by atoms with Crippen LogP contribution < -0.4 is 5.32 Å². The number of aliphatic hydroxyl groups is 1. The zero-order valence-corrected chi connectivity index (χ0v) is 13.3. The van der Waals surface area contributed by atoms with E-state index in [1.54, 1.807) is 0 Å². The van der Waals surface area contributed by atoms with Gasteiger partial charge in [-0.05, 0) is 30.1 Å². The fraction of sp³-hybridized carbons (Fsp3) is 0.222. The molecule has 0 saturated heterocycles. The summed E-state index contributed by atoms with van der Waals surface area (Å²) in [7, 11) is 1.86. The fourth-order valence-corrected chi connectivity index (χ4v) is 2.89. The first kappa shape index (κ1) is 16.6. The Morgan fingerprint density at radius 2 is 1.68 bits per heavy atom. The van der Waals surface area contributed by atoms with Crippen LogP contribution in [-0.4, -0.2) is 29.4 Å². The molecule has 0 fully saturated rings. The molecule has 1 heterocycles. The number of hydrogen-bond donors (Lipinski definition) is 2. The average molecular weight is 317 g/mol. The molecule has 0 aliphatic rings. The van der Waals surface area contributed by atoms with Crippen molar-refractivity contribution in [1.29, 1.82) is 0 Å². The maximum Gasteiger partial charge on any atom is 0.0912 e. The van der Waals surface area contributed by atoms with Gasteiger partial charge in [-0.25, -0.2) is 0 Å². The van der Waals surface area contributed by atoms with E-state index < -0.39 is 6.10 Å². The van der Waals surface area contributed by atoms with E-state index in [0.717, 1.165) is 11.1 Å². The summed E-state index contributed by atoms with van der Waals surface area (Å²) in [5.41, 5.74) is 2.25. The average Bonchev–Trinajstić information content (AvgIpc) is 2.93. The number of halogens is 1. The number of likely N-dealkylation sites (N-methyl/N-ethyl adjacent to an activating group) is 1. The molecule has 2 atom stereocenters. The Morgan fingerprint density at radius 1 is 1.00 bits per heavy atom. The van der Waals surface area contributed by atoms with Crippen LogP contribution in [0.2, 0.25) is 0 Å². The number of rotatable bonds is 5. The van der Waals surface area contributed by atoms with Crippen molar-refractivity contribution >= 4 is 23.3 Å². The smallest absolute Gasteiger partial charge is 0.0912 e. The number of hydrogen-bond acceptors (Lipinski definition) is 2. The van der Waals surface area contributed by atoms with Crippen molar-refractivity contribution in [3.8, 4) is 0 Å². The molecule has 0 aliphatic heterocycles. The van der Waals surface area contributed by atoms with Crippen LogP contribution >= 0.6 is 12.4 Å². The molecule has 1 aromatic heterocycles. The van der Waals surface area contributed by atoms with E-state index in [0.29, 0.717) is 6.54 Å². The van der Waals surface area contributed by atoms with Gasteiger partial charge in [-0.15, -0.1) is 12.4 Å². The van der Waals surface area contributed by atoms with E-state index in [1.165, 1.54) is 5.39 Å². The second-order valence-electron chi connectivity index (χ2n) is 5.26. The first-order chi connectivity index (χ1) is 10.3. The van der Waals surface area contributed by atoms with Crippen molar-refractivity contribution in [2.45, 2.75) is 12.1 Å². The molecule has 2 aromatic carbocycles. The predicted octanol–water partition coefficient (Wildman–Crippen LogP) is 3.23. The molecule has 3 rings (SSSR count). The van der Waals surface area contributed by atoms with Crippen LogP contribution in [0.15, 0.2) is 66.9 Å². The van der Waals surface area contributed by atoms with Gasteiger partial charge in [0.1, 0.15) is 0 Å². The molecule has 0 saturated carbocycles. The second kappa shape index (κ2) is 7.45. The Kier molecular flexibility index (Phi) is 5.61. The summed E-state index contributed by atoms with van der Waals surface area (Å²) >= 11 is 0. The van der Waals surface area contributed by atoms with Crippen molar-refractivity contribution in [3.63, 3.8) is 0 Å². The second-order valence-corrected chi connectivity index (χ2v) is 5.26. The molecule has 3 nitrogen and oxygen atoms in total. The molecule has 0 radical (unpaired) electrons. The molecular formula is C18H21ClN2O. The van der Waals surface area contributed by atoms with Gasteiger partial charge in [0, 0.05) is 18.3 Å². The number of fused-ring (bicyclic) bond motifs is 1. The molecule has 0 bridgehead atoms. The minimum absolute atomic E-state index is 0. The van der Waals surface area contributed by atoms with E-state index in [1.807, 2.05) is 37.4 Å². The van der Waals surface area contributed by atoms with Gasteiger partial charge in [-0.2, -0.15) is 0 Å². The van der Waals surface area contributed by atoms with Crippen LogP contribution in [0.1, 0.15) is 11.6 Å². The lowest BCUT2D eigenvalue weighted by Gasteiger charge is -2.26. The molecule has 22 heavy (non-hydrogen) atoms. The number of benzene rings is 2. The minimum Gasteiger partial charge on any atom is -0.389 e. The number of para-hydroxylation sites is 1. The summed E-state index contributed by atoms with van der Waals surface area (Å²) in [5.74, 6) is 0. The van der Waals surface area contributed by atoms with Crippen LogP contribution in [0.5, 0.6) is 0 Å². The number of nitrogens with zero attached hydrogens (tertiary/aromatic N) is 1. The van der Waals surface area contributed by atoms with Crippen molar-refractivity contribution in [2.75, 3.05) is 13.6 Å². The Bertz CT molecular complexity index is 711. The van der Waals surface area contributed by atoms with Crippen LogP contribution in [0.4, 0.5) is 0 Å². The molecule has 0 spiro atoms. The predicted molar refractivity (Wildman–Crippen MR) is 93.7 cm³/mol.